The molecular formula is C113H74N12. The Morgan fingerprint density at radius 3 is 0.696 bits per heavy atom. The molecule has 6 aromatic heterocycles. The predicted octanol–water partition coefficient (Wildman–Crippen LogP) is 27.9. The molecule has 0 amide bonds. The fourth-order valence-electron chi connectivity index (χ4n) is 17.4. The van der Waals surface area contributed by atoms with Crippen molar-refractivity contribution in [1.29, 1.82) is 0 Å². The minimum atomic E-state index is 0.648. The van der Waals surface area contributed by atoms with Crippen LogP contribution in [0.1, 0.15) is 0 Å². The van der Waals surface area contributed by atoms with Crippen molar-refractivity contribution in [2.75, 3.05) is 0 Å². The lowest BCUT2D eigenvalue weighted by molar-refractivity contribution is 1.07. The van der Waals surface area contributed by atoms with Gasteiger partial charge in [0.2, 0.25) is 0 Å². The molecule has 12 heteroatoms. The van der Waals surface area contributed by atoms with Crippen LogP contribution < -0.4 is 0 Å². The summed E-state index contributed by atoms with van der Waals surface area (Å²) < 4.78 is 7.07. The summed E-state index contributed by atoms with van der Waals surface area (Å²) in [6, 6.07) is 155. The van der Waals surface area contributed by atoms with Gasteiger partial charge in [-0.25, -0.2) is 44.9 Å². The van der Waals surface area contributed by atoms with Gasteiger partial charge in [0, 0.05) is 98.8 Å². The van der Waals surface area contributed by atoms with E-state index in [0.29, 0.717) is 52.4 Å². The molecule has 0 atom stereocenters. The van der Waals surface area contributed by atoms with E-state index in [2.05, 4.69) is 281 Å². The maximum atomic E-state index is 5.05. The van der Waals surface area contributed by atoms with Crippen LogP contribution in [0.5, 0.6) is 0 Å². The van der Waals surface area contributed by atoms with Gasteiger partial charge in [-0.1, -0.05) is 370 Å². The van der Waals surface area contributed by atoms with E-state index in [1.54, 1.807) is 0 Å². The van der Waals surface area contributed by atoms with Crippen molar-refractivity contribution < 1.29 is 0 Å². The van der Waals surface area contributed by atoms with Gasteiger partial charge in [0.15, 0.2) is 52.4 Å². The second-order valence-electron chi connectivity index (χ2n) is 30.7. The number of benzene rings is 18. The van der Waals surface area contributed by atoms with Crippen LogP contribution in [0.4, 0.5) is 0 Å². The smallest absolute Gasteiger partial charge is 0.164 e. The van der Waals surface area contributed by atoms with Gasteiger partial charge in [-0.15, -0.1) is 0 Å². The summed E-state index contributed by atoms with van der Waals surface area (Å²) in [4.78, 5) is 44.6. The summed E-state index contributed by atoms with van der Waals surface area (Å²) in [7, 11) is 0. The summed E-state index contributed by atoms with van der Waals surface area (Å²) in [5.74, 6) is 5.89. The molecule has 0 N–H and O–H groups in total. The number of fused-ring (bicyclic) bond motifs is 11. The first-order chi connectivity index (χ1) is 62.0. The minimum absolute atomic E-state index is 0.648. The van der Waals surface area contributed by atoms with E-state index in [1.807, 2.05) is 182 Å². The summed E-state index contributed by atoms with van der Waals surface area (Å²) in [6.07, 6.45) is 0. The minimum Gasteiger partial charge on any atom is -0.309 e. The number of rotatable bonds is 13. The molecule has 586 valence electrons. The topological polar surface area (TPSA) is 131 Å². The fourth-order valence-corrected chi connectivity index (χ4v) is 17.4. The predicted molar refractivity (Wildman–Crippen MR) is 512 cm³/mol. The first-order valence-corrected chi connectivity index (χ1v) is 41.8. The molecule has 0 radical (unpaired) electrons. The Morgan fingerprint density at radius 1 is 0.128 bits per heavy atom. The van der Waals surface area contributed by atoms with Crippen molar-refractivity contribution in [2.24, 2.45) is 0 Å². The van der Waals surface area contributed by atoms with E-state index in [4.69, 9.17) is 44.9 Å². The van der Waals surface area contributed by atoms with Gasteiger partial charge in [-0.3, -0.25) is 0 Å². The number of nitrogens with zero attached hydrogens (tertiary/aromatic N) is 12. The summed E-state index contributed by atoms with van der Waals surface area (Å²) >= 11 is 0. The highest BCUT2D eigenvalue weighted by molar-refractivity contribution is 6.14. The Hall–Kier alpha value is -17.1. The van der Waals surface area contributed by atoms with Gasteiger partial charge >= 0.3 is 0 Å². The van der Waals surface area contributed by atoms with Crippen molar-refractivity contribution >= 4 is 87.0 Å². The van der Waals surface area contributed by atoms with Crippen molar-refractivity contribution in [1.82, 2.24) is 58.6 Å². The molecule has 0 aliphatic heterocycles. The van der Waals surface area contributed by atoms with Crippen LogP contribution in [-0.4, -0.2) is 58.6 Å². The normalized spacial score (nSPS) is 11.4. The second kappa shape index (κ2) is 32.6. The molecule has 0 aliphatic rings. The molecular weight excluding hydrogens is 1530 g/mol. The highest BCUT2D eigenvalue weighted by atomic mass is 15.1. The molecule has 0 fully saturated rings. The average molecular weight is 1600 g/mol. The van der Waals surface area contributed by atoms with E-state index in [1.165, 1.54) is 76.5 Å². The summed E-state index contributed by atoms with van der Waals surface area (Å²) in [6.45, 7) is 0. The average Bonchev–Trinajstić information content (AvgIpc) is 1.70. The molecule has 24 rings (SSSR count). The Morgan fingerprint density at radius 2 is 0.368 bits per heavy atom. The monoisotopic (exact) mass is 1600 g/mol. The summed E-state index contributed by atoms with van der Waals surface area (Å²) in [5, 5.41) is 11.9. The van der Waals surface area contributed by atoms with Gasteiger partial charge in [0.1, 0.15) is 0 Å². The Labute approximate surface area is 720 Å². The van der Waals surface area contributed by atoms with Crippen molar-refractivity contribution in [2.45, 2.75) is 0 Å². The zero-order chi connectivity index (χ0) is 82.9. The van der Waals surface area contributed by atoms with Crippen LogP contribution in [0.25, 0.3) is 218 Å². The first kappa shape index (κ1) is 74.2. The fraction of sp³-hybridized carbons (Fsp3) is 0. The highest BCUT2D eigenvalue weighted by Crippen LogP contribution is 2.43. The number of para-hydroxylation sites is 5. The maximum absolute atomic E-state index is 5.05. The molecule has 0 unspecified atom stereocenters. The molecule has 125 heavy (non-hydrogen) atoms. The number of hydrogen-bond donors (Lipinski definition) is 0. The lowest BCUT2D eigenvalue weighted by Crippen LogP contribution is -2.01. The van der Waals surface area contributed by atoms with Gasteiger partial charge in [-0.05, 0) is 101 Å². The second-order valence-corrected chi connectivity index (χ2v) is 30.7. The highest BCUT2D eigenvalue weighted by Gasteiger charge is 2.24. The third kappa shape index (κ3) is 14.1. The number of hydrogen-bond acceptors (Lipinski definition) is 9. The third-order valence-corrected chi connectivity index (χ3v) is 23.2. The Balaban J connectivity index is 0.000000112. The molecule has 24 aromatic rings. The quantitative estimate of drug-likeness (QED) is 0.111. The Kier molecular flexibility index (Phi) is 19.3. The number of aromatic nitrogens is 12. The van der Waals surface area contributed by atoms with Crippen molar-refractivity contribution in [3.63, 3.8) is 0 Å². The van der Waals surface area contributed by atoms with Crippen LogP contribution in [0.15, 0.2) is 449 Å². The SMILES string of the molecule is c1ccc(-c2ccc3c(c2)c2ccccc2n3-c2ccc(-c3nc(-c4ccccc4)nc(-c4ccccc4)n3)c3ccccc23)cc1.c1ccc(-c2nc(-c3ccccc3)nc(-c3ccc(-n4c5ccccc5c5ccccc54)c4ccccc34)n2)cc1.c1ccc(-c2nc(-c3ccccc3)nc(-c3cccc(-n4c5ccccc5c5ccccc54)c3)n2)cc1. The molecule has 0 spiro atoms. The summed E-state index contributed by atoms with van der Waals surface area (Å²) in [5.41, 5.74) is 21.4. The molecule has 6 heterocycles. The lowest BCUT2D eigenvalue weighted by Gasteiger charge is -2.15. The van der Waals surface area contributed by atoms with Crippen molar-refractivity contribution in [3.05, 3.63) is 449 Å². The first-order valence-electron chi connectivity index (χ1n) is 41.8. The molecule has 0 saturated heterocycles. The Bertz CT molecular complexity index is 7860. The lowest BCUT2D eigenvalue weighted by atomic mass is 10.0. The van der Waals surface area contributed by atoms with Crippen LogP contribution in [-0.2, 0) is 0 Å². The van der Waals surface area contributed by atoms with E-state index in [9.17, 15) is 0 Å². The van der Waals surface area contributed by atoms with Crippen LogP contribution in [0, 0.1) is 0 Å². The van der Waals surface area contributed by atoms with Crippen molar-refractivity contribution in [3.8, 4) is 131 Å². The van der Waals surface area contributed by atoms with Gasteiger partial charge < -0.3 is 13.7 Å². The molecule has 12 nitrogen and oxygen atoms in total. The standard InChI is InChI=1S/C43H28N4.C37H24N4.C33H22N4/c1-4-14-29(15-5-1)32-24-26-40-37(28-32)35-22-12-13-23-38(35)47(40)39-27-25-36(33-20-10-11-21-34(33)39)43-45-41(30-16-6-2-7-17-30)44-42(46-43)31-18-8-3-9-19-31;1-3-13-25(14-4-1)35-38-36(26-15-5-2-6-16-26)40-37(39-35)31-23-24-34(28-18-8-7-17-27(28)31)41-32-21-11-9-19-29(32)30-20-10-12-22-33(30)41;1-3-12-23(13-4-1)31-34-32(24-14-5-2-6-15-24)36-33(35-31)25-16-11-17-26(22-25)37-29-20-9-7-18-27(29)28-19-8-10-21-30(28)37/h1-28H;1-24H;1-22H. The van der Waals surface area contributed by atoms with Gasteiger partial charge in [0.25, 0.3) is 0 Å². The molecule has 0 saturated carbocycles. The van der Waals surface area contributed by atoms with E-state index in [-0.39, 0.29) is 0 Å². The molecule has 0 bridgehead atoms. The zero-order valence-corrected chi connectivity index (χ0v) is 67.6. The third-order valence-electron chi connectivity index (χ3n) is 23.2. The van der Waals surface area contributed by atoms with Gasteiger partial charge in [-0.2, -0.15) is 0 Å². The zero-order valence-electron chi connectivity index (χ0n) is 67.6. The van der Waals surface area contributed by atoms with E-state index in [0.717, 1.165) is 88.7 Å². The van der Waals surface area contributed by atoms with E-state index < -0.39 is 0 Å². The maximum Gasteiger partial charge on any atom is 0.164 e. The van der Waals surface area contributed by atoms with Crippen LogP contribution in [0.2, 0.25) is 0 Å². The van der Waals surface area contributed by atoms with Crippen LogP contribution >= 0.6 is 0 Å². The molecule has 18 aromatic carbocycles. The largest absolute Gasteiger partial charge is 0.309 e. The van der Waals surface area contributed by atoms with Crippen LogP contribution in [0.3, 0.4) is 0 Å². The van der Waals surface area contributed by atoms with E-state index >= 15 is 0 Å². The molecule has 0 aliphatic carbocycles. The van der Waals surface area contributed by atoms with Gasteiger partial charge in [0.05, 0.1) is 44.5 Å².